The number of unbranched alkanes of at least 4 members (excludes halogenated alkanes) is 4. The zero-order valence-corrected chi connectivity index (χ0v) is 36.2. The number of nitrogens with zero attached hydrogens (tertiary/aromatic N) is 1. The van der Waals surface area contributed by atoms with Gasteiger partial charge in [-0.05, 0) is 89.9 Å². The largest absolute Gasteiger partial charge is 0.544 e. The molecule has 0 aromatic heterocycles. The average molecular weight is 792 g/mol. The molecule has 320 valence electrons. The maximum Gasteiger partial charge on any atom is 0.306 e. The number of aliphatic carboxylic acids is 1. The van der Waals surface area contributed by atoms with Gasteiger partial charge in [0.25, 0.3) is 0 Å². The van der Waals surface area contributed by atoms with Crippen LogP contribution in [0.4, 0.5) is 0 Å². The Hall–Kier alpha value is -4.01. The number of allylic oxidation sites excluding steroid dienone is 18. The summed E-state index contributed by atoms with van der Waals surface area (Å²) in [6.45, 7) is 4.30. The van der Waals surface area contributed by atoms with E-state index in [4.69, 9.17) is 14.2 Å². The number of carboxylic acid groups (broad SMARTS) is 1. The van der Waals surface area contributed by atoms with Crippen molar-refractivity contribution in [2.75, 3.05) is 41.0 Å². The van der Waals surface area contributed by atoms with Crippen molar-refractivity contribution in [3.63, 3.8) is 0 Å². The smallest absolute Gasteiger partial charge is 0.306 e. The SMILES string of the molecule is CC/C=C/C/C=C/C/C=C/C/C=C/C/C=C/CCCC(=O)OC(COCCC(C(=O)[O-])[N+](C)(C)C)COC(=O)CCCCC/C=C/C/C=C/C/C=C/C/C=C/CC. The number of likely N-dealkylation sites (N-methyl/N-ethyl adjacent to an activating group) is 1. The van der Waals surface area contributed by atoms with E-state index in [1.54, 1.807) is 21.1 Å². The van der Waals surface area contributed by atoms with Crippen molar-refractivity contribution in [1.82, 2.24) is 0 Å². The molecule has 57 heavy (non-hydrogen) atoms. The summed E-state index contributed by atoms with van der Waals surface area (Å²) >= 11 is 0. The molecule has 8 heteroatoms. The zero-order valence-electron chi connectivity index (χ0n) is 36.2. The molecule has 0 spiro atoms. The fourth-order valence-corrected chi connectivity index (χ4v) is 5.39. The lowest BCUT2D eigenvalue weighted by Gasteiger charge is -2.34. The molecule has 0 amide bonds. The highest BCUT2D eigenvalue weighted by molar-refractivity contribution is 5.70. The van der Waals surface area contributed by atoms with Gasteiger partial charge >= 0.3 is 11.9 Å². The first kappa shape index (κ1) is 53.0. The van der Waals surface area contributed by atoms with Crippen LogP contribution in [0.5, 0.6) is 0 Å². The predicted octanol–water partition coefficient (Wildman–Crippen LogP) is 10.4. The number of esters is 2. The minimum atomic E-state index is -1.14. The molecular weight excluding hydrogens is 715 g/mol. The molecule has 0 heterocycles. The van der Waals surface area contributed by atoms with Gasteiger partial charge in [0, 0.05) is 19.3 Å². The molecule has 0 N–H and O–H groups in total. The van der Waals surface area contributed by atoms with Crippen molar-refractivity contribution in [3.8, 4) is 0 Å². The van der Waals surface area contributed by atoms with E-state index in [9.17, 15) is 19.5 Å². The molecule has 8 nitrogen and oxygen atoms in total. The van der Waals surface area contributed by atoms with E-state index >= 15 is 0 Å². The van der Waals surface area contributed by atoms with Crippen LogP contribution in [0.1, 0.15) is 129 Å². The zero-order chi connectivity index (χ0) is 42.1. The molecular formula is C49H77NO7. The van der Waals surface area contributed by atoms with Gasteiger partial charge in [-0.25, -0.2) is 0 Å². The predicted molar refractivity (Wildman–Crippen MR) is 235 cm³/mol. The first-order chi connectivity index (χ1) is 27.6. The van der Waals surface area contributed by atoms with Crippen molar-refractivity contribution in [1.29, 1.82) is 0 Å². The highest BCUT2D eigenvalue weighted by atomic mass is 16.6. The third-order valence-electron chi connectivity index (χ3n) is 8.65. The summed E-state index contributed by atoms with van der Waals surface area (Å²) in [4.78, 5) is 36.8. The van der Waals surface area contributed by atoms with E-state index in [2.05, 4.69) is 123 Å². The first-order valence-electron chi connectivity index (χ1n) is 21.4. The Balaban J connectivity index is 4.55. The van der Waals surface area contributed by atoms with Crippen molar-refractivity contribution < 1.29 is 38.2 Å². The van der Waals surface area contributed by atoms with Crippen LogP contribution in [0.2, 0.25) is 0 Å². The minimum Gasteiger partial charge on any atom is -0.544 e. The molecule has 0 fully saturated rings. The Morgan fingerprint density at radius 2 is 0.947 bits per heavy atom. The van der Waals surface area contributed by atoms with Crippen LogP contribution in [0.15, 0.2) is 109 Å². The first-order valence-corrected chi connectivity index (χ1v) is 21.4. The lowest BCUT2D eigenvalue weighted by molar-refractivity contribution is -0.889. The summed E-state index contributed by atoms with van der Waals surface area (Å²) in [6, 6.07) is -0.748. The van der Waals surface area contributed by atoms with Gasteiger partial charge in [0.2, 0.25) is 0 Å². The Kier molecular flexibility index (Phi) is 36.1. The Morgan fingerprint density at radius 3 is 1.39 bits per heavy atom. The van der Waals surface area contributed by atoms with Crippen molar-refractivity contribution in [3.05, 3.63) is 109 Å². The Labute approximate surface area is 347 Å². The quantitative estimate of drug-likeness (QED) is 0.0269. The van der Waals surface area contributed by atoms with Crippen molar-refractivity contribution in [2.45, 2.75) is 142 Å². The molecule has 0 saturated heterocycles. The molecule has 0 aromatic carbocycles. The van der Waals surface area contributed by atoms with Gasteiger partial charge in [0.15, 0.2) is 6.10 Å². The number of carbonyl (C=O) groups excluding carboxylic acids is 3. The summed E-state index contributed by atoms with van der Waals surface area (Å²) in [6.07, 6.45) is 52.7. The Morgan fingerprint density at radius 1 is 0.526 bits per heavy atom. The number of hydrogen-bond donors (Lipinski definition) is 0. The summed E-state index contributed by atoms with van der Waals surface area (Å²) in [5.41, 5.74) is 0. The number of rotatable bonds is 36. The van der Waals surface area contributed by atoms with Crippen LogP contribution in [0, 0.1) is 0 Å². The maximum absolute atomic E-state index is 12.7. The van der Waals surface area contributed by atoms with Crippen LogP contribution in [0.3, 0.4) is 0 Å². The Bertz CT molecular complexity index is 1290. The molecule has 0 aliphatic heterocycles. The van der Waals surface area contributed by atoms with Gasteiger partial charge in [-0.2, -0.15) is 0 Å². The van der Waals surface area contributed by atoms with E-state index < -0.39 is 18.1 Å². The van der Waals surface area contributed by atoms with Crippen molar-refractivity contribution in [2.24, 2.45) is 0 Å². The van der Waals surface area contributed by atoms with Crippen LogP contribution >= 0.6 is 0 Å². The minimum absolute atomic E-state index is 0.000427. The molecule has 2 atom stereocenters. The van der Waals surface area contributed by atoms with Crippen LogP contribution in [0.25, 0.3) is 0 Å². The number of quaternary nitrogens is 1. The van der Waals surface area contributed by atoms with Crippen LogP contribution in [-0.4, -0.2) is 75.5 Å². The fraction of sp³-hybridized carbons (Fsp3) is 0.571. The third-order valence-corrected chi connectivity index (χ3v) is 8.65. The fourth-order valence-electron chi connectivity index (χ4n) is 5.39. The molecule has 0 bridgehead atoms. The van der Waals surface area contributed by atoms with Gasteiger partial charge in [-0.1, -0.05) is 130 Å². The van der Waals surface area contributed by atoms with Gasteiger partial charge < -0.3 is 28.6 Å². The van der Waals surface area contributed by atoms with Gasteiger partial charge in [-0.15, -0.1) is 0 Å². The number of ether oxygens (including phenoxy) is 3. The van der Waals surface area contributed by atoms with E-state index in [-0.39, 0.29) is 49.1 Å². The lowest BCUT2D eigenvalue weighted by Crippen LogP contribution is -2.55. The number of hydrogen-bond acceptors (Lipinski definition) is 7. The van der Waals surface area contributed by atoms with Gasteiger partial charge in [-0.3, -0.25) is 9.59 Å². The monoisotopic (exact) mass is 792 g/mol. The second kappa shape index (κ2) is 38.8. The van der Waals surface area contributed by atoms with Crippen molar-refractivity contribution >= 4 is 17.9 Å². The molecule has 0 rings (SSSR count). The van der Waals surface area contributed by atoms with E-state index in [0.29, 0.717) is 12.8 Å². The normalized spacial score (nSPS) is 14.1. The standard InChI is InChI=1S/C49H77NO7/c1-6-8-10-12-14-16-18-20-22-24-26-28-30-32-34-36-38-40-48(52)57-45(43-55-42-41-46(49(53)54)50(3,4)5)44-56-47(51)39-37-35-33-31-29-27-25-23-21-19-17-15-13-11-9-7-2/h8-11,14-17,20-23,26-29,32,34,45-46H,6-7,12-13,18-19,24-25,30-31,33,35-44H2,1-5H3/b10-8+,11-9+,16-14+,17-15+,22-20+,23-21+,28-26+,29-27+,34-32+. The van der Waals surface area contributed by atoms with E-state index in [1.165, 1.54) is 0 Å². The molecule has 0 radical (unpaired) electrons. The van der Waals surface area contributed by atoms with Crippen LogP contribution in [-0.2, 0) is 28.6 Å². The summed E-state index contributed by atoms with van der Waals surface area (Å²) in [7, 11) is 5.36. The lowest BCUT2D eigenvalue weighted by atomic mass is 10.1. The number of carbonyl (C=O) groups is 3. The maximum atomic E-state index is 12.7. The summed E-state index contributed by atoms with van der Waals surface area (Å²) in [5.74, 6) is -1.87. The number of carboxylic acids is 1. The summed E-state index contributed by atoms with van der Waals surface area (Å²) < 4.78 is 17.0. The van der Waals surface area contributed by atoms with E-state index in [0.717, 1.165) is 89.9 Å². The second-order valence-corrected chi connectivity index (χ2v) is 14.8. The van der Waals surface area contributed by atoms with Gasteiger partial charge in [0.1, 0.15) is 12.6 Å². The molecule has 2 unspecified atom stereocenters. The second-order valence-electron chi connectivity index (χ2n) is 14.8. The highest BCUT2D eigenvalue weighted by Gasteiger charge is 2.25. The van der Waals surface area contributed by atoms with E-state index in [1.807, 2.05) is 0 Å². The average Bonchev–Trinajstić information content (AvgIpc) is 3.17. The van der Waals surface area contributed by atoms with Gasteiger partial charge in [0.05, 0.1) is 40.3 Å². The molecule has 0 aromatic rings. The van der Waals surface area contributed by atoms with Crippen LogP contribution < -0.4 is 5.11 Å². The summed E-state index contributed by atoms with van der Waals surface area (Å²) in [5, 5.41) is 11.6. The topological polar surface area (TPSA) is 102 Å². The highest BCUT2D eigenvalue weighted by Crippen LogP contribution is 2.10. The molecule has 0 aliphatic rings. The molecule has 0 saturated carbocycles. The third kappa shape index (κ3) is 37.3. The molecule has 0 aliphatic carbocycles.